The molecule has 2 aromatic carbocycles. The van der Waals surface area contributed by atoms with Crippen LogP contribution in [0.15, 0.2) is 46.4 Å². The summed E-state index contributed by atoms with van der Waals surface area (Å²) in [4.78, 5) is 14.4. The molecule has 0 fully saturated rings. The summed E-state index contributed by atoms with van der Waals surface area (Å²) in [6, 6.07) is 13.4. The Kier molecular flexibility index (Phi) is 4.66. The zero-order chi connectivity index (χ0) is 17.8. The first-order valence-electron chi connectivity index (χ1n) is 7.92. The number of rotatable bonds is 4. The summed E-state index contributed by atoms with van der Waals surface area (Å²) < 4.78 is 0. The molecule has 0 saturated carbocycles. The first kappa shape index (κ1) is 16.5. The Labute approximate surface area is 147 Å². The van der Waals surface area contributed by atoms with Gasteiger partial charge in [0.1, 0.15) is 12.7 Å². The van der Waals surface area contributed by atoms with Gasteiger partial charge in [-0.15, -0.1) is 0 Å². The van der Waals surface area contributed by atoms with Crippen molar-refractivity contribution in [3.8, 4) is 11.8 Å². The van der Waals surface area contributed by atoms with Crippen molar-refractivity contribution in [1.82, 2.24) is 5.06 Å². The van der Waals surface area contributed by atoms with Gasteiger partial charge in [-0.25, -0.2) is 9.98 Å². The lowest BCUT2D eigenvalue weighted by Crippen LogP contribution is -2.43. The smallest absolute Gasteiger partial charge is 0.232 e. The highest BCUT2D eigenvalue weighted by molar-refractivity contribution is 5.73. The van der Waals surface area contributed by atoms with Crippen LogP contribution in [-0.4, -0.2) is 24.0 Å². The molecule has 1 atom stereocenters. The molecule has 0 radical (unpaired) electrons. The van der Waals surface area contributed by atoms with Crippen LogP contribution in [0.1, 0.15) is 22.3 Å². The highest BCUT2D eigenvalue weighted by Gasteiger charge is 2.20. The first-order valence-corrected chi connectivity index (χ1v) is 7.92. The summed E-state index contributed by atoms with van der Waals surface area (Å²) in [6.45, 7) is 6.09. The molecule has 1 N–H and O–H groups in total. The second kappa shape index (κ2) is 7.05. The third kappa shape index (κ3) is 3.78. The standard InChI is InChI=1S/C19H19N5O/c1-13-8-14(2)18(15(3)9-13)25-24-12-21-11-22-19(24)23-17-6-4-16(10-20)5-7-17/h4-9,11-12,19,23H,1-3H3. The van der Waals surface area contributed by atoms with Gasteiger partial charge in [-0.05, 0) is 56.2 Å². The molecular formula is C19H19N5O. The van der Waals surface area contributed by atoms with Crippen LogP contribution in [-0.2, 0) is 0 Å². The van der Waals surface area contributed by atoms with E-state index < -0.39 is 6.29 Å². The van der Waals surface area contributed by atoms with Gasteiger partial charge in [-0.3, -0.25) is 0 Å². The average Bonchev–Trinajstić information content (AvgIpc) is 2.60. The fourth-order valence-corrected chi connectivity index (χ4v) is 2.71. The van der Waals surface area contributed by atoms with Crippen molar-refractivity contribution in [3.05, 3.63) is 58.7 Å². The van der Waals surface area contributed by atoms with Crippen molar-refractivity contribution in [1.29, 1.82) is 5.26 Å². The molecule has 3 rings (SSSR count). The Hall–Kier alpha value is -3.33. The van der Waals surface area contributed by atoms with E-state index in [0.29, 0.717) is 5.56 Å². The van der Waals surface area contributed by atoms with Gasteiger partial charge in [0.25, 0.3) is 0 Å². The lowest BCUT2D eigenvalue weighted by atomic mass is 10.1. The van der Waals surface area contributed by atoms with Gasteiger partial charge in [0, 0.05) is 5.69 Å². The molecule has 6 nitrogen and oxygen atoms in total. The molecule has 0 spiro atoms. The lowest BCUT2D eigenvalue weighted by molar-refractivity contribution is -0.00600. The maximum atomic E-state index is 8.89. The first-order chi connectivity index (χ1) is 12.1. The molecule has 0 aliphatic carbocycles. The maximum Gasteiger partial charge on any atom is 0.232 e. The maximum absolute atomic E-state index is 8.89. The SMILES string of the molecule is Cc1cc(C)c(ON2C=NC=NC2Nc2ccc(C#N)cc2)c(C)c1. The van der Waals surface area contributed by atoms with Crippen LogP contribution in [0.2, 0.25) is 0 Å². The van der Waals surface area contributed by atoms with Gasteiger partial charge in [0.15, 0.2) is 5.75 Å². The summed E-state index contributed by atoms with van der Waals surface area (Å²) in [6.07, 6.45) is 2.62. The molecule has 0 amide bonds. The summed E-state index contributed by atoms with van der Waals surface area (Å²) in [5, 5.41) is 13.7. The van der Waals surface area contributed by atoms with Crippen LogP contribution in [0.3, 0.4) is 0 Å². The Bertz CT molecular complexity index is 841. The molecule has 1 unspecified atom stereocenters. The highest BCUT2D eigenvalue weighted by Crippen LogP contribution is 2.26. The van der Waals surface area contributed by atoms with Crippen molar-refractivity contribution in [2.24, 2.45) is 9.98 Å². The van der Waals surface area contributed by atoms with Crippen LogP contribution in [0.4, 0.5) is 5.69 Å². The number of hydrogen-bond donors (Lipinski definition) is 1. The van der Waals surface area contributed by atoms with Crippen molar-refractivity contribution in [2.75, 3.05) is 5.32 Å². The molecule has 1 aliphatic rings. The van der Waals surface area contributed by atoms with E-state index in [1.54, 1.807) is 23.5 Å². The van der Waals surface area contributed by atoms with Crippen molar-refractivity contribution >= 4 is 18.4 Å². The number of aliphatic imine (C=N–C) groups is 2. The molecule has 0 saturated heterocycles. The third-order valence-electron chi connectivity index (χ3n) is 3.81. The summed E-state index contributed by atoms with van der Waals surface area (Å²) in [5.74, 6) is 0.792. The number of hydrogen-bond acceptors (Lipinski definition) is 6. The van der Waals surface area contributed by atoms with E-state index in [-0.39, 0.29) is 0 Å². The van der Waals surface area contributed by atoms with Gasteiger partial charge < -0.3 is 10.2 Å². The minimum atomic E-state index is -0.453. The Balaban J connectivity index is 1.79. The lowest BCUT2D eigenvalue weighted by Gasteiger charge is -2.29. The van der Waals surface area contributed by atoms with Crippen LogP contribution < -0.4 is 10.2 Å². The van der Waals surface area contributed by atoms with E-state index in [9.17, 15) is 0 Å². The van der Waals surface area contributed by atoms with Crippen molar-refractivity contribution < 1.29 is 4.84 Å². The third-order valence-corrected chi connectivity index (χ3v) is 3.81. The van der Waals surface area contributed by atoms with Crippen LogP contribution in [0, 0.1) is 32.1 Å². The number of nitrogens with one attached hydrogen (secondary N) is 1. The van der Waals surface area contributed by atoms with E-state index in [2.05, 4.69) is 40.4 Å². The van der Waals surface area contributed by atoms with Gasteiger partial charge in [0.2, 0.25) is 6.29 Å². The topological polar surface area (TPSA) is 73.0 Å². The predicted molar refractivity (Wildman–Crippen MR) is 98.7 cm³/mol. The molecule has 1 aliphatic heterocycles. The van der Waals surface area contributed by atoms with E-state index in [1.165, 1.54) is 11.9 Å². The van der Waals surface area contributed by atoms with Gasteiger partial charge >= 0.3 is 0 Å². The molecule has 0 aromatic heterocycles. The predicted octanol–water partition coefficient (Wildman–Crippen LogP) is 3.55. The van der Waals surface area contributed by atoms with Gasteiger partial charge in [-0.2, -0.15) is 10.3 Å². The second-order valence-electron chi connectivity index (χ2n) is 5.92. The highest BCUT2D eigenvalue weighted by atomic mass is 16.7. The second-order valence-corrected chi connectivity index (χ2v) is 5.92. The molecule has 6 heteroatoms. The molecular weight excluding hydrogens is 314 g/mol. The normalized spacial score (nSPS) is 15.8. The van der Waals surface area contributed by atoms with Gasteiger partial charge in [-0.1, -0.05) is 17.7 Å². The number of aryl methyl sites for hydroxylation is 3. The fraction of sp³-hybridized carbons (Fsp3) is 0.211. The molecule has 0 bridgehead atoms. The zero-order valence-corrected chi connectivity index (χ0v) is 14.4. The van der Waals surface area contributed by atoms with E-state index in [1.807, 2.05) is 26.0 Å². The fourth-order valence-electron chi connectivity index (χ4n) is 2.71. The quantitative estimate of drug-likeness (QED) is 0.929. The number of anilines is 1. The summed E-state index contributed by atoms with van der Waals surface area (Å²) in [5.41, 5.74) is 4.75. The Morgan fingerprint density at radius 2 is 1.80 bits per heavy atom. The van der Waals surface area contributed by atoms with Crippen molar-refractivity contribution in [3.63, 3.8) is 0 Å². The van der Waals surface area contributed by atoms with Crippen molar-refractivity contribution in [2.45, 2.75) is 27.1 Å². The zero-order valence-electron chi connectivity index (χ0n) is 14.4. The molecule has 126 valence electrons. The number of hydroxylamine groups is 2. The number of benzene rings is 2. The van der Waals surface area contributed by atoms with Crippen LogP contribution in [0.5, 0.6) is 5.75 Å². The summed E-state index contributed by atoms with van der Waals surface area (Å²) in [7, 11) is 0. The molecule has 25 heavy (non-hydrogen) atoms. The molecule has 1 heterocycles. The van der Waals surface area contributed by atoms with Crippen LogP contribution >= 0.6 is 0 Å². The number of nitriles is 1. The van der Waals surface area contributed by atoms with E-state index in [4.69, 9.17) is 10.1 Å². The minimum Gasteiger partial charge on any atom is -0.374 e. The minimum absolute atomic E-state index is 0.453. The largest absolute Gasteiger partial charge is 0.374 e. The molecule has 2 aromatic rings. The van der Waals surface area contributed by atoms with Gasteiger partial charge in [0.05, 0.1) is 11.6 Å². The number of nitrogens with zero attached hydrogens (tertiary/aromatic N) is 4. The van der Waals surface area contributed by atoms with E-state index in [0.717, 1.165) is 22.6 Å². The Morgan fingerprint density at radius 1 is 1.12 bits per heavy atom. The summed E-state index contributed by atoms with van der Waals surface area (Å²) >= 11 is 0. The monoisotopic (exact) mass is 333 g/mol. The Morgan fingerprint density at radius 3 is 2.44 bits per heavy atom. The van der Waals surface area contributed by atoms with Crippen LogP contribution in [0.25, 0.3) is 0 Å². The van der Waals surface area contributed by atoms with E-state index >= 15 is 0 Å². The average molecular weight is 333 g/mol.